The second-order valence-corrected chi connectivity index (χ2v) is 8.88. The van der Waals surface area contributed by atoms with Gasteiger partial charge in [-0.2, -0.15) is 0 Å². The molecule has 4 nitrogen and oxygen atoms in total. The number of benzene rings is 3. The lowest BCUT2D eigenvalue weighted by molar-refractivity contribution is 0.307. The molecule has 0 bridgehead atoms. The van der Waals surface area contributed by atoms with Crippen molar-refractivity contribution in [1.29, 1.82) is 0 Å². The van der Waals surface area contributed by atoms with Crippen LogP contribution in [0.5, 0.6) is 23.0 Å². The first-order valence-electron chi connectivity index (χ1n) is 11.8. The third-order valence-electron chi connectivity index (χ3n) is 5.68. The minimum absolute atomic E-state index is 0.720. The van der Waals surface area contributed by atoms with Gasteiger partial charge in [0.1, 0.15) is 23.0 Å². The van der Waals surface area contributed by atoms with Crippen LogP contribution in [-0.4, -0.2) is 18.7 Å². The highest BCUT2D eigenvalue weighted by molar-refractivity contribution is 7.07. The van der Waals surface area contributed by atoms with Gasteiger partial charge >= 0.3 is 0 Å². The Morgan fingerprint density at radius 3 is 2.21 bits per heavy atom. The molecule has 4 rings (SSSR count). The van der Waals surface area contributed by atoms with Crippen molar-refractivity contribution in [2.24, 2.45) is 0 Å². The zero-order chi connectivity index (χ0) is 23.6. The highest BCUT2D eigenvalue weighted by atomic mass is 32.1. The summed E-state index contributed by atoms with van der Waals surface area (Å²) < 4.78 is 17.2. The van der Waals surface area contributed by atoms with E-state index in [1.807, 2.05) is 41.9 Å². The van der Waals surface area contributed by atoms with E-state index in [-0.39, 0.29) is 0 Å². The van der Waals surface area contributed by atoms with Crippen LogP contribution in [-0.2, 0) is 12.8 Å². The van der Waals surface area contributed by atoms with Gasteiger partial charge in [-0.1, -0.05) is 19.4 Å². The molecule has 4 aromatic rings. The molecule has 0 saturated heterocycles. The Hall–Kier alpha value is -3.31. The minimum atomic E-state index is 0.720. The summed E-state index contributed by atoms with van der Waals surface area (Å²) in [5, 5.41) is 2.06. The minimum Gasteiger partial charge on any atom is -0.497 e. The topological polar surface area (TPSA) is 40.6 Å². The van der Waals surface area contributed by atoms with Crippen LogP contribution in [0.1, 0.15) is 37.3 Å². The number of nitrogens with zero attached hydrogens (tertiary/aromatic N) is 1. The number of thiazole rings is 1. The van der Waals surface area contributed by atoms with E-state index >= 15 is 0 Å². The van der Waals surface area contributed by atoms with E-state index in [0.29, 0.717) is 0 Å². The normalized spacial score (nSPS) is 10.8. The molecule has 0 fully saturated rings. The van der Waals surface area contributed by atoms with Gasteiger partial charge < -0.3 is 14.2 Å². The molecule has 0 saturated carbocycles. The number of aryl methyl sites for hydroxylation is 2. The lowest BCUT2D eigenvalue weighted by Gasteiger charge is -2.13. The molecule has 0 radical (unpaired) electrons. The van der Waals surface area contributed by atoms with E-state index in [1.54, 1.807) is 18.4 Å². The standard InChI is InChI=1S/C29H31NO3S/c1-3-6-24-19-28(33-27-16-14-25(31-2)15-17-27)13-8-22(24)7-4-5-18-32-26-11-9-23(10-12-26)29-20-34-21-30-29/h8-17,19-21H,3-7,18H2,1-2H3. The zero-order valence-electron chi connectivity index (χ0n) is 19.8. The van der Waals surface area contributed by atoms with E-state index in [4.69, 9.17) is 14.2 Å². The van der Waals surface area contributed by atoms with E-state index in [2.05, 4.69) is 47.6 Å². The average molecular weight is 474 g/mol. The molecule has 1 heterocycles. The van der Waals surface area contributed by atoms with Crippen LogP contribution in [0, 0.1) is 0 Å². The first-order valence-corrected chi connectivity index (χ1v) is 12.7. The van der Waals surface area contributed by atoms with Crippen molar-refractivity contribution in [1.82, 2.24) is 4.98 Å². The van der Waals surface area contributed by atoms with Crippen molar-refractivity contribution in [3.05, 3.63) is 88.7 Å². The summed E-state index contributed by atoms with van der Waals surface area (Å²) in [6.45, 7) is 2.94. The molecule has 3 aromatic carbocycles. The first-order chi connectivity index (χ1) is 16.7. The number of unbranched alkanes of at least 4 members (excludes halogenated alkanes) is 1. The summed E-state index contributed by atoms with van der Waals surface area (Å²) in [4.78, 5) is 4.35. The SMILES string of the molecule is CCCc1cc(Oc2ccc(OC)cc2)ccc1CCCCOc1ccc(-c2cscn2)cc1. The van der Waals surface area contributed by atoms with E-state index in [9.17, 15) is 0 Å². The fourth-order valence-electron chi connectivity index (χ4n) is 3.88. The lowest BCUT2D eigenvalue weighted by atomic mass is 9.98. The van der Waals surface area contributed by atoms with Crippen LogP contribution in [0.25, 0.3) is 11.3 Å². The van der Waals surface area contributed by atoms with E-state index in [1.165, 1.54) is 11.1 Å². The number of hydrogen-bond donors (Lipinski definition) is 0. The summed E-state index contributed by atoms with van der Waals surface area (Å²) in [5.74, 6) is 3.42. The molecule has 0 amide bonds. The molecule has 176 valence electrons. The molecule has 1 aromatic heterocycles. The summed E-state index contributed by atoms with van der Waals surface area (Å²) >= 11 is 1.61. The maximum Gasteiger partial charge on any atom is 0.127 e. The number of aromatic nitrogens is 1. The third-order valence-corrected chi connectivity index (χ3v) is 6.27. The van der Waals surface area contributed by atoms with Gasteiger partial charge in [-0.3, -0.25) is 0 Å². The van der Waals surface area contributed by atoms with Gasteiger partial charge in [-0.05, 0) is 97.5 Å². The molecule has 0 aliphatic rings. The second-order valence-electron chi connectivity index (χ2n) is 8.16. The molecule has 0 atom stereocenters. The Labute approximate surface area is 206 Å². The Bertz CT molecular complexity index is 1140. The van der Waals surface area contributed by atoms with Crippen LogP contribution in [0.3, 0.4) is 0 Å². The van der Waals surface area contributed by atoms with Crippen LogP contribution in [0.2, 0.25) is 0 Å². The Balaban J connectivity index is 1.26. The predicted molar refractivity (Wildman–Crippen MR) is 139 cm³/mol. The smallest absolute Gasteiger partial charge is 0.127 e. The molecule has 0 aliphatic heterocycles. The highest BCUT2D eigenvalue weighted by Gasteiger charge is 2.07. The van der Waals surface area contributed by atoms with E-state index in [0.717, 1.165) is 73.0 Å². The maximum absolute atomic E-state index is 6.06. The number of ether oxygens (including phenoxy) is 3. The maximum atomic E-state index is 6.06. The monoisotopic (exact) mass is 473 g/mol. The predicted octanol–water partition coefficient (Wildman–Crippen LogP) is 7.97. The van der Waals surface area contributed by atoms with Gasteiger partial charge in [0, 0.05) is 10.9 Å². The Morgan fingerprint density at radius 1 is 0.765 bits per heavy atom. The quantitative estimate of drug-likeness (QED) is 0.196. The number of rotatable bonds is 12. The van der Waals surface area contributed by atoms with Crippen molar-refractivity contribution in [3.63, 3.8) is 0 Å². The number of methoxy groups -OCH3 is 1. The number of hydrogen-bond acceptors (Lipinski definition) is 5. The van der Waals surface area contributed by atoms with Crippen molar-refractivity contribution in [2.45, 2.75) is 39.0 Å². The van der Waals surface area contributed by atoms with Crippen molar-refractivity contribution < 1.29 is 14.2 Å². The van der Waals surface area contributed by atoms with Gasteiger partial charge in [0.2, 0.25) is 0 Å². The highest BCUT2D eigenvalue weighted by Crippen LogP contribution is 2.27. The van der Waals surface area contributed by atoms with Crippen LogP contribution in [0.4, 0.5) is 0 Å². The van der Waals surface area contributed by atoms with Gasteiger partial charge in [0.25, 0.3) is 0 Å². The molecular weight excluding hydrogens is 442 g/mol. The van der Waals surface area contributed by atoms with Crippen LogP contribution < -0.4 is 14.2 Å². The average Bonchev–Trinajstić information content (AvgIpc) is 3.41. The molecule has 0 unspecified atom stereocenters. The van der Waals surface area contributed by atoms with Crippen LogP contribution in [0.15, 0.2) is 77.6 Å². The summed E-state index contributed by atoms with van der Waals surface area (Å²) in [6.07, 6.45) is 5.32. The second kappa shape index (κ2) is 12.2. The fraction of sp³-hybridized carbons (Fsp3) is 0.276. The van der Waals surface area contributed by atoms with Gasteiger partial charge in [0.05, 0.1) is 24.9 Å². The fourth-order valence-corrected chi connectivity index (χ4v) is 4.44. The zero-order valence-corrected chi connectivity index (χ0v) is 20.6. The van der Waals surface area contributed by atoms with Crippen LogP contribution >= 0.6 is 11.3 Å². The largest absolute Gasteiger partial charge is 0.497 e. The summed E-state index contributed by atoms with van der Waals surface area (Å²) in [5.41, 5.74) is 6.76. The molecule has 0 spiro atoms. The molecule has 34 heavy (non-hydrogen) atoms. The van der Waals surface area contributed by atoms with Crippen molar-refractivity contribution in [2.75, 3.05) is 13.7 Å². The molecule has 5 heteroatoms. The molecule has 0 aliphatic carbocycles. The molecular formula is C29H31NO3S. The van der Waals surface area contributed by atoms with Crippen molar-refractivity contribution >= 4 is 11.3 Å². The van der Waals surface area contributed by atoms with Gasteiger partial charge in [-0.15, -0.1) is 11.3 Å². The van der Waals surface area contributed by atoms with Gasteiger partial charge in [-0.25, -0.2) is 4.98 Å². The van der Waals surface area contributed by atoms with E-state index < -0.39 is 0 Å². The third kappa shape index (κ3) is 6.61. The van der Waals surface area contributed by atoms with Crippen molar-refractivity contribution in [3.8, 4) is 34.3 Å². The lowest BCUT2D eigenvalue weighted by Crippen LogP contribution is -2.00. The Kier molecular flexibility index (Phi) is 8.58. The first kappa shape index (κ1) is 23.8. The summed E-state index contributed by atoms with van der Waals surface area (Å²) in [7, 11) is 1.67. The Morgan fingerprint density at radius 2 is 1.50 bits per heavy atom. The van der Waals surface area contributed by atoms with Gasteiger partial charge in [0.15, 0.2) is 0 Å². The summed E-state index contributed by atoms with van der Waals surface area (Å²) in [6, 6.07) is 22.3. The molecule has 0 N–H and O–H groups in total.